The molecular weight excluding hydrogens is 390 g/mol. The molecule has 4 aromatic rings. The SMILES string of the molecule is O=c1[nH]cc(Cc2cnn3c(NC4CCC4)cc(Nc4cccc(Cl)c4)nc23)[nH]1. The van der Waals surface area contributed by atoms with Gasteiger partial charge in [-0.05, 0) is 37.5 Å². The lowest BCUT2D eigenvalue weighted by Gasteiger charge is -2.27. The summed E-state index contributed by atoms with van der Waals surface area (Å²) in [5.41, 5.74) is 3.08. The monoisotopic (exact) mass is 409 g/mol. The second kappa shape index (κ2) is 7.29. The summed E-state index contributed by atoms with van der Waals surface area (Å²) in [6.07, 6.45) is 7.54. The number of imidazole rings is 1. The second-order valence-electron chi connectivity index (χ2n) is 7.28. The van der Waals surface area contributed by atoms with Crippen molar-refractivity contribution < 1.29 is 0 Å². The lowest BCUT2D eigenvalue weighted by atomic mass is 9.93. The molecule has 3 heterocycles. The Bertz CT molecular complexity index is 1220. The molecule has 0 saturated heterocycles. The van der Waals surface area contributed by atoms with Crippen molar-refractivity contribution in [3.05, 3.63) is 69.5 Å². The summed E-state index contributed by atoms with van der Waals surface area (Å²) < 4.78 is 1.82. The van der Waals surface area contributed by atoms with E-state index < -0.39 is 0 Å². The third kappa shape index (κ3) is 3.71. The van der Waals surface area contributed by atoms with Crippen LogP contribution < -0.4 is 16.3 Å². The van der Waals surface area contributed by atoms with E-state index in [0.29, 0.717) is 23.3 Å². The minimum Gasteiger partial charge on any atom is -0.367 e. The topological polar surface area (TPSA) is 103 Å². The number of H-pyrrole nitrogens is 2. The number of aromatic amines is 2. The van der Waals surface area contributed by atoms with E-state index in [4.69, 9.17) is 16.6 Å². The number of fused-ring (bicyclic) bond motifs is 1. The number of nitrogens with one attached hydrogen (secondary N) is 4. The van der Waals surface area contributed by atoms with Gasteiger partial charge in [0.15, 0.2) is 5.65 Å². The maximum atomic E-state index is 11.4. The fraction of sp³-hybridized carbons (Fsp3) is 0.250. The first-order valence-electron chi connectivity index (χ1n) is 9.57. The molecule has 1 saturated carbocycles. The van der Waals surface area contributed by atoms with Gasteiger partial charge in [-0.15, -0.1) is 0 Å². The number of rotatable bonds is 6. The van der Waals surface area contributed by atoms with Crippen LogP contribution in [-0.4, -0.2) is 30.6 Å². The Labute approximate surface area is 171 Å². The fourth-order valence-corrected chi connectivity index (χ4v) is 3.64. The molecule has 1 fully saturated rings. The van der Waals surface area contributed by atoms with Crippen LogP contribution in [0.4, 0.5) is 17.3 Å². The Balaban J connectivity index is 1.54. The Morgan fingerprint density at radius 2 is 2.17 bits per heavy atom. The molecule has 1 aromatic carbocycles. The van der Waals surface area contributed by atoms with Crippen LogP contribution in [0.3, 0.4) is 0 Å². The molecule has 0 spiro atoms. The predicted octanol–water partition coefficient (Wildman–Crippen LogP) is 3.70. The highest BCUT2D eigenvalue weighted by molar-refractivity contribution is 6.30. The molecule has 0 radical (unpaired) electrons. The van der Waals surface area contributed by atoms with E-state index in [0.717, 1.165) is 41.3 Å². The minimum absolute atomic E-state index is 0.222. The van der Waals surface area contributed by atoms with Crippen molar-refractivity contribution in [1.29, 1.82) is 0 Å². The van der Waals surface area contributed by atoms with Gasteiger partial charge in [0.1, 0.15) is 11.6 Å². The molecule has 0 unspecified atom stereocenters. The molecule has 1 aliphatic rings. The van der Waals surface area contributed by atoms with Crippen LogP contribution in [0.1, 0.15) is 30.5 Å². The quantitative estimate of drug-likeness (QED) is 0.389. The van der Waals surface area contributed by atoms with Gasteiger partial charge in [0.2, 0.25) is 0 Å². The maximum Gasteiger partial charge on any atom is 0.323 e. The van der Waals surface area contributed by atoms with E-state index in [1.165, 1.54) is 6.42 Å². The summed E-state index contributed by atoms with van der Waals surface area (Å²) in [7, 11) is 0. The third-order valence-electron chi connectivity index (χ3n) is 5.13. The minimum atomic E-state index is -0.222. The smallest absolute Gasteiger partial charge is 0.323 e. The first kappa shape index (κ1) is 17.8. The number of anilines is 3. The van der Waals surface area contributed by atoms with Gasteiger partial charge in [0.25, 0.3) is 0 Å². The Kier molecular flexibility index (Phi) is 4.48. The standard InChI is InChI=1S/C20H20ClN7O/c21-13-3-1-6-15(8-13)24-17-9-18(25-14-4-2-5-14)28-19(27-17)12(10-23-28)7-16-11-22-20(29)26-16/h1,3,6,8-11,14,25H,2,4-5,7H2,(H,24,27)(H2,22,26,29). The molecule has 0 bridgehead atoms. The van der Waals surface area contributed by atoms with Gasteiger partial charge >= 0.3 is 5.69 Å². The van der Waals surface area contributed by atoms with Crippen LogP contribution >= 0.6 is 11.6 Å². The Morgan fingerprint density at radius 1 is 1.28 bits per heavy atom. The lowest BCUT2D eigenvalue weighted by molar-refractivity contribution is 0.443. The number of aromatic nitrogens is 5. The van der Waals surface area contributed by atoms with Crippen LogP contribution in [-0.2, 0) is 6.42 Å². The molecule has 3 aromatic heterocycles. The van der Waals surface area contributed by atoms with Gasteiger partial charge in [0, 0.05) is 46.7 Å². The second-order valence-corrected chi connectivity index (χ2v) is 7.72. The highest BCUT2D eigenvalue weighted by atomic mass is 35.5. The molecule has 8 nitrogen and oxygen atoms in total. The van der Waals surface area contributed by atoms with E-state index >= 15 is 0 Å². The molecule has 148 valence electrons. The predicted molar refractivity (Wildman–Crippen MR) is 113 cm³/mol. The highest BCUT2D eigenvalue weighted by Crippen LogP contribution is 2.28. The normalized spacial score (nSPS) is 14.1. The molecule has 0 aliphatic heterocycles. The zero-order valence-corrected chi connectivity index (χ0v) is 16.3. The van der Waals surface area contributed by atoms with Crippen LogP contribution in [0.25, 0.3) is 5.65 Å². The fourth-order valence-electron chi connectivity index (χ4n) is 3.45. The van der Waals surface area contributed by atoms with Crippen molar-refractivity contribution in [3.8, 4) is 0 Å². The first-order chi connectivity index (χ1) is 14.1. The van der Waals surface area contributed by atoms with Crippen molar-refractivity contribution in [2.45, 2.75) is 31.7 Å². The van der Waals surface area contributed by atoms with Crippen molar-refractivity contribution in [1.82, 2.24) is 24.6 Å². The van der Waals surface area contributed by atoms with Gasteiger partial charge < -0.3 is 20.6 Å². The van der Waals surface area contributed by atoms with Crippen LogP contribution in [0.2, 0.25) is 5.02 Å². The van der Waals surface area contributed by atoms with Crippen LogP contribution in [0.15, 0.2) is 47.5 Å². The molecule has 0 amide bonds. The molecule has 0 atom stereocenters. The van der Waals surface area contributed by atoms with Gasteiger partial charge in [-0.1, -0.05) is 17.7 Å². The van der Waals surface area contributed by atoms with Gasteiger partial charge in [-0.3, -0.25) is 0 Å². The van der Waals surface area contributed by atoms with Crippen molar-refractivity contribution >= 4 is 34.6 Å². The zero-order chi connectivity index (χ0) is 19.8. The first-order valence-corrected chi connectivity index (χ1v) is 9.95. The van der Waals surface area contributed by atoms with Gasteiger partial charge in [-0.25, -0.2) is 9.78 Å². The molecule has 1 aliphatic carbocycles. The molecule has 9 heteroatoms. The van der Waals surface area contributed by atoms with Crippen LogP contribution in [0, 0.1) is 0 Å². The largest absolute Gasteiger partial charge is 0.367 e. The average molecular weight is 410 g/mol. The highest BCUT2D eigenvalue weighted by Gasteiger charge is 2.20. The van der Waals surface area contributed by atoms with Gasteiger partial charge in [-0.2, -0.15) is 9.61 Å². The zero-order valence-electron chi connectivity index (χ0n) is 15.6. The summed E-state index contributed by atoms with van der Waals surface area (Å²) in [4.78, 5) is 21.6. The van der Waals surface area contributed by atoms with E-state index in [2.05, 4.69) is 25.7 Å². The number of hydrogen-bond donors (Lipinski definition) is 4. The summed E-state index contributed by atoms with van der Waals surface area (Å²) in [5, 5.41) is 12.1. The molecule has 5 rings (SSSR count). The molecule has 29 heavy (non-hydrogen) atoms. The third-order valence-corrected chi connectivity index (χ3v) is 5.37. The van der Waals surface area contributed by atoms with E-state index in [-0.39, 0.29) is 5.69 Å². The summed E-state index contributed by atoms with van der Waals surface area (Å²) in [6, 6.07) is 9.94. The van der Waals surface area contributed by atoms with Gasteiger partial charge in [0.05, 0.1) is 6.20 Å². The number of benzene rings is 1. The van der Waals surface area contributed by atoms with Crippen molar-refractivity contribution in [3.63, 3.8) is 0 Å². The average Bonchev–Trinajstić information content (AvgIpc) is 3.25. The Morgan fingerprint density at radius 3 is 2.90 bits per heavy atom. The molecule has 4 N–H and O–H groups in total. The molecular formula is C20H20ClN7O. The van der Waals surface area contributed by atoms with E-state index in [9.17, 15) is 4.79 Å². The van der Waals surface area contributed by atoms with E-state index in [1.54, 1.807) is 12.4 Å². The van der Waals surface area contributed by atoms with Crippen molar-refractivity contribution in [2.24, 2.45) is 0 Å². The number of nitrogens with zero attached hydrogens (tertiary/aromatic N) is 3. The van der Waals surface area contributed by atoms with Crippen molar-refractivity contribution in [2.75, 3.05) is 10.6 Å². The summed E-state index contributed by atoms with van der Waals surface area (Å²) >= 11 is 6.11. The lowest BCUT2D eigenvalue weighted by Crippen LogP contribution is -2.28. The number of halogens is 1. The maximum absolute atomic E-state index is 11.4. The van der Waals surface area contributed by atoms with E-state index in [1.807, 2.05) is 34.8 Å². The summed E-state index contributed by atoms with van der Waals surface area (Å²) in [6.45, 7) is 0. The summed E-state index contributed by atoms with van der Waals surface area (Å²) in [5.74, 6) is 1.59. The number of hydrogen-bond acceptors (Lipinski definition) is 5. The Hall–Kier alpha value is -3.26. The van der Waals surface area contributed by atoms with Crippen LogP contribution in [0.5, 0.6) is 0 Å².